The highest BCUT2D eigenvalue weighted by Crippen LogP contribution is 3.02. The molecule has 2 atom stereocenters. The molecule has 1 aliphatic rings. The van der Waals surface area contributed by atoms with Crippen molar-refractivity contribution in [1.29, 1.82) is 0 Å². The maximum Gasteiger partial charge on any atom is 0.430 e. The van der Waals surface area contributed by atoms with E-state index in [1.54, 1.807) is 0 Å². The van der Waals surface area contributed by atoms with Gasteiger partial charge in [-0.25, -0.2) is 4.79 Å². The Morgan fingerprint density at radius 1 is 1.24 bits per heavy atom. The first-order chi connectivity index (χ1) is 12.9. The van der Waals surface area contributed by atoms with Gasteiger partial charge < -0.3 is 19.5 Å². The minimum atomic E-state index is -10.1. The number of ether oxygens (including phenoxy) is 2. The van der Waals surface area contributed by atoms with Gasteiger partial charge in [-0.1, -0.05) is 19.4 Å². The Morgan fingerprint density at radius 3 is 2.38 bits per heavy atom. The number of carbonyl (C=O) groups excluding carboxylic acids is 1. The number of halogens is 8. The number of benzene rings is 1. The zero-order valence-corrected chi connectivity index (χ0v) is 14.7. The number of fused-ring (bicyclic) bond motifs is 1. The van der Waals surface area contributed by atoms with Gasteiger partial charge in [0.25, 0.3) is 6.29 Å². The summed E-state index contributed by atoms with van der Waals surface area (Å²) >= 11 is 0. The molecule has 0 saturated carbocycles. The van der Waals surface area contributed by atoms with Gasteiger partial charge in [-0.15, -0.1) is 0 Å². The lowest BCUT2D eigenvalue weighted by atomic mass is 10.0. The molecule has 0 aromatic heterocycles. The second-order valence-electron chi connectivity index (χ2n) is 5.56. The van der Waals surface area contributed by atoms with Gasteiger partial charge in [0.15, 0.2) is 0 Å². The summed E-state index contributed by atoms with van der Waals surface area (Å²) in [6, 6.07) is 0.0186. The Bertz CT molecular complexity index is 884. The SMILES string of the molecule is CC(O/N=N\O)OC(=O)C1=Cc2cc(S(F)(F)(F)(F)F)ccc2O[C@@H]1C(F)(F)F. The van der Waals surface area contributed by atoms with Crippen LogP contribution in [0.3, 0.4) is 0 Å². The fourth-order valence-electron chi connectivity index (χ4n) is 2.16. The fraction of sp³-hybridized carbons (Fsp3) is 0.308. The number of hydrogen-bond acceptors (Lipinski definition) is 6. The van der Waals surface area contributed by atoms with Crippen molar-refractivity contribution in [3.63, 3.8) is 0 Å². The summed E-state index contributed by atoms with van der Waals surface area (Å²) < 4.78 is 113. The van der Waals surface area contributed by atoms with Crippen LogP contribution >= 0.6 is 10.2 Å². The molecule has 1 aromatic carbocycles. The Morgan fingerprint density at radius 2 is 1.86 bits per heavy atom. The Balaban J connectivity index is 2.50. The van der Waals surface area contributed by atoms with Crippen LogP contribution in [-0.2, 0) is 14.4 Å². The molecule has 7 nitrogen and oxygen atoms in total. The summed E-state index contributed by atoms with van der Waals surface area (Å²) in [4.78, 5) is 13.8. The Kier molecular flexibility index (Phi) is 4.94. The molecule has 1 N–H and O–H groups in total. The van der Waals surface area contributed by atoms with Gasteiger partial charge in [0.05, 0.1) is 16.1 Å². The third-order valence-corrected chi connectivity index (χ3v) is 4.45. The summed E-state index contributed by atoms with van der Waals surface area (Å²) in [5, 5.41) is 12.7. The standard InChI is InChI=1S/C13H10F8N2O5S/c1-6(28-23-22-25)26-12(24)9-5-7-4-8(29(17,18,19,20)21)2-3-10(7)27-11(9)13(14,15)16/h2-6,11H,1H3,(H,23,25)/t6?,11-/m0/s1. The van der Waals surface area contributed by atoms with E-state index >= 15 is 0 Å². The predicted octanol–water partition coefficient (Wildman–Crippen LogP) is 5.71. The lowest BCUT2D eigenvalue weighted by molar-refractivity contribution is -0.195. The largest absolute Gasteiger partial charge is 0.475 e. The number of esters is 1. The lowest BCUT2D eigenvalue weighted by Crippen LogP contribution is -2.41. The van der Waals surface area contributed by atoms with E-state index < -0.39 is 56.5 Å². The molecule has 1 heterocycles. The number of carbonyl (C=O) groups is 1. The molecule has 0 amide bonds. The van der Waals surface area contributed by atoms with Gasteiger partial charge in [0.1, 0.15) is 10.6 Å². The molecule has 1 aromatic rings. The number of alkyl halides is 3. The maximum atomic E-state index is 13.2. The van der Waals surface area contributed by atoms with Crippen molar-refractivity contribution in [1.82, 2.24) is 0 Å². The summed E-state index contributed by atoms with van der Waals surface area (Å²) in [6.07, 6.45) is -9.56. The normalized spacial score (nSPS) is 20.6. The minimum absolute atomic E-state index is 0.124. The van der Waals surface area contributed by atoms with Crippen molar-refractivity contribution in [3.05, 3.63) is 29.3 Å². The van der Waals surface area contributed by atoms with Crippen LogP contribution in [-0.4, -0.2) is 29.7 Å². The molecule has 0 saturated heterocycles. The molecule has 0 spiro atoms. The van der Waals surface area contributed by atoms with Crippen molar-refractivity contribution in [2.75, 3.05) is 0 Å². The molecule has 1 unspecified atom stereocenters. The summed E-state index contributed by atoms with van der Waals surface area (Å²) in [5.74, 6) is -2.57. The first-order valence-corrected chi connectivity index (χ1v) is 9.12. The highest BCUT2D eigenvalue weighted by atomic mass is 32.5. The van der Waals surface area contributed by atoms with Crippen molar-refractivity contribution in [2.45, 2.75) is 30.4 Å². The molecule has 0 bridgehead atoms. The zero-order valence-electron chi connectivity index (χ0n) is 13.9. The van der Waals surface area contributed by atoms with Crippen LogP contribution < -0.4 is 4.74 Å². The third-order valence-electron chi connectivity index (χ3n) is 3.30. The summed E-state index contributed by atoms with van der Waals surface area (Å²) in [6.45, 7) is 0.958. The van der Waals surface area contributed by atoms with Crippen LogP contribution in [0.4, 0.5) is 32.6 Å². The molecule has 0 aliphatic carbocycles. The summed E-state index contributed by atoms with van der Waals surface area (Å²) in [7, 11) is -10.1. The molecule has 29 heavy (non-hydrogen) atoms. The fourth-order valence-corrected chi connectivity index (χ4v) is 2.83. The second kappa shape index (κ2) is 6.36. The topological polar surface area (TPSA) is 89.7 Å². The maximum absolute atomic E-state index is 13.2. The van der Waals surface area contributed by atoms with Crippen LogP contribution in [0.5, 0.6) is 5.75 Å². The number of rotatable bonds is 5. The minimum Gasteiger partial charge on any atom is -0.475 e. The quantitative estimate of drug-likeness (QED) is 0.201. The molecule has 164 valence electrons. The van der Waals surface area contributed by atoms with E-state index in [1.807, 2.05) is 0 Å². The van der Waals surface area contributed by atoms with E-state index in [1.165, 1.54) is 0 Å². The van der Waals surface area contributed by atoms with Gasteiger partial charge in [0, 0.05) is 12.5 Å². The van der Waals surface area contributed by atoms with Crippen LogP contribution in [0.2, 0.25) is 0 Å². The molecule has 2 rings (SSSR count). The summed E-state index contributed by atoms with van der Waals surface area (Å²) in [5.41, 5.74) is -2.19. The smallest absolute Gasteiger partial charge is 0.430 e. The molecule has 0 radical (unpaired) electrons. The molecule has 1 aliphatic heterocycles. The van der Waals surface area contributed by atoms with Gasteiger partial charge in [-0.05, 0) is 24.3 Å². The monoisotopic (exact) mass is 458 g/mol. The van der Waals surface area contributed by atoms with Crippen molar-refractivity contribution >= 4 is 22.3 Å². The van der Waals surface area contributed by atoms with E-state index in [4.69, 9.17) is 5.21 Å². The van der Waals surface area contributed by atoms with Gasteiger partial charge in [-0.2, -0.15) is 13.2 Å². The van der Waals surface area contributed by atoms with Crippen LogP contribution in [0.25, 0.3) is 6.08 Å². The first-order valence-electron chi connectivity index (χ1n) is 7.16. The Labute approximate surface area is 156 Å². The van der Waals surface area contributed by atoms with E-state index in [2.05, 4.69) is 24.9 Å². The predicted molar refractivity (Wildman–Crippen MR) is 79.6 cm³/mol. The van der Waals surface area contributed by atoms with Crippen LogP contribution in [0.15, 0.2) is 39.2 Å². The first kappa shape index (κ1) is 22.5. The average molecular weight is 458 g/mol. The lowest BCUT2D eigenvalue weighted by Gasteiger charge is -2.41. The van der Waals surface area contributed by atoms with Gasteiger partial charge in [0.2, 0.25) is 6.10 Å². The number of nitrogens with zero attached hydrogens (tertiary/aromatic N) is 2. The average Bonchev–Trinajstić information content (AvgIpc) is 2.55. The highest BCUT2D eigenvalue weighted by Gasteiger charge is 2.65. The van der Waals surface area contributed by atoms with Crippen molar-refractivity contribution in [2.24, 2.45) is 10.6 Å². The van der Waals surface area contributed by atoms with E-state index in [0.717, 1.165) is 6.92 Å². The third kappa shape index (κ3) is 5.39. The van der Waals surface area contributed by atoms with Crippen molar-refractivity contribution < 1.29 is 56.9 Å². The van der Waals surface area contributed by atoms with Gasteiger partial charge in [-0.3, -0.25) is 0 Å². The molecule has 0 fully saturated rings. The molecule has 16 heteroatoms. The number of hydrogen-bond donors (Lipinski definition) is 1. The molecular weight excluding hydrogens is 448 g/mol. The second-order valence-corrected chi connectivity index (χ2v) is 7.97. The van der Waals surface area contributed by atoms with E-state index in [0.29, 0.717) is 0 Å². The zero-order chi connectivity index (χ0) is 22.3. The highest BCUT2D eigenvalue weighted by molar-refractivity contribution is 8.45. The van der Waals surface area contributed by atoms with E-state index in [9.17, 15) is 37.4 Å². The van der Waals surface area contributed by atoms with Crippen LogP contribution in [0.1, 0.15) is 12.5 Å². The Hall–Kier alpha value is -2.78. The van der Waals surface area contributed by atoms with Gasteiger partial charge >= 0.3 is 22.4 Å². The van der Waals surface area contributed by atoms with Crippen LogP contribution in [0, 0.1) is 0 Å². The van der Waals surface area contributed by atoms with E-state index in [-0.39, 0.29) is 24.3 Å². The van der Waals surface area contributed by atoms with Crippen molar-refractivity contribution in [3.8, 4) is 5.75 Å². The molecular formula is C13H10F8N2O5S.